The van der Waals surface area contributed by atoms with E-state index in [-0.39, 0.29) is 24.1 Å². The molecule has 0 saturated carbocycles. The molecule has 0 bridgehead atoms. The Kier molecular flexibility index (Phi) is 6.63. The van der Waals surface area contributed by atoms with Crippen molar-refractivity contribution in [3.63, 3.8) is 0 Å². The molecule has 3 heterocycles. The van der Waals surface area contributed by atoms with Gasteiger partial charge in [0.1, 0.15) is 5.82 Å². The highest BCUT2D eigenvalue weighted by Gasteiger charge is 2.35. The van der Waals surface area contributed by atoms with Crippen molar-refractivity contribution in [2.75, 3.05) is 57.5 Å². The lowest BCUT2D eigenvalue weighted by molar-refractivity contribution is 0.0783. The maximum absolute atomic E-state index is 13.4. The van der Waals surface area contributed by atoms with E-state index in [2.05, 4.69) is 62.5 Å². The van der Waals surface area contributed by atoms with E-state index in [1.807, 2.05) is 23.1 Å². The van der Waals surface area contributed by atoms with E-state index in [9.17, 15) is 4.79 Å². The second-order valence-corrected chi connectivity index (χ2v) is 10.5. The zero-order valence-electron chi connectivity index (χ0n) is 22.1. The number of nitrogen functional groups attached to an aromatic ring is 1. The maximum atomic E-state index is 13.4. The molecule has 38 heavy (non-hydrogen) atoms. The van der Waals surface area contributed by atoms with Crippen LogP contribution in [0, 0.1) is 0 Å². The number of anilines is 2. The molecule has 3 N–H and O–H groups in total. The fourth-order valence-corrected chi connectivity index (χ4v) is 5.86. The largest absolute Gasteiger partial charge is 0.379 e. The molecule has 2 aromatic carbocycles. The van der Waals surface area contributed by atoms with Crippen LogP contribution in [0.4, 0.5) is 16.6 Å². The summed E-state index contributed by atoms with van der Waals surface area (Å²) >= 11 is 0. The van der Waals surface area contributed by atoms with Crippen LogP contribution in [0.1, 0.15) is 28.3 Å². The van der Waals surface area contributed by atoms with Gasteiger partial charge in [-0.1, -0.05) is 36.4 Å². The van der Waals surface area contributed by atoms with Crippen LogP contribution in [0.5, 0.6) is 0 Å². The van der Waals surface area contributed by atoms with Gasteiger partial charge in [-0.2, -0.15) is 4.98 Å². The molecule has 6 rings (SSSR count). The highest BCUT2D eigenvalue weighted by molar-refractivity contribution is 5.76. The van der Waals surface area contributed by atoms with Crippen molar-refractivity contribution in [2.24, 2.45) is 0 Å². The van der Waals surface area contributed by atoms with Gasteiger partial charge in [-0.15, -0.1) is 0 Å². The summed E-state index contributed by atoms with van der Waals surface area (Å²) in [5.74, 6) is 1.14. The zero-order valence-corrected chi connectivity index (χ0v) is 22.1. The van der Waals surface area contributed by atoms with Crippen LogP contribution in [0.3, 0.4) is 0 Å². The third-order valence-corrected chi connectivity index (χ3v) is 8.12. The summed E-state index contributed by atoms with van der Waals surface area (Å²) < 4.78 is 5.72. The number of nitrogens with two attached hydrogens (primary N) is 1. The van der Waals surface area contributed by atoms with Crippen molar-refractivity contribution in [3.8, 4) is 11.3 Å². The summed E-state index contributed by atoms with van der Waals surface area (Å²) in [4.78, 5) is 28.9. The predicted molar refractivity (Wildman–Crippen MR) is 148 cm³/mol. The average molecular weight is 514 g/mol. The molecule has 3 aromatic rings. The number of hydrogen-bond donors (Lipinski definition) is 2. The van der Waals surface area contributed by atoms with Crippen molar-refractivity contribution in [2.45, 2.75) is 31.5 Å². The van der Waals surface area contributed by atoms with Crippen LogP contribution in [-0.4, -0.2) is 78.8 Å². The summed E-state index contributed by atoms with van der Waals surface area (Å²) in [5, 5.41) is 3.25. The Bertz CT molecular complexity index is 1340. The van der Waals surface area contributed by atoms with E-state index in [0.717, 1.165) is 67.2 Å². The van der Waals surface area contributed by atoms with E-state index in [4.69, 9.17) is 10.5 Å². The number of aromatic nitrogens is 2. The summed E-state index contributed by atoms with van der Waals surface area (Å²) in [7, 11) is 3.85. The fraction of sp³-hybridized carbons (Fsp3) is 0.414. The second-order valence-electron chi connectivity index (χ2n) is 10.5. The van der Waals surface area contributed by atoms with E-state index in [1.54, 1.807) is 7.11 Å². The van der Waals surface area contributed by atoms with E-state index >= 15 is 0 Å². The quantitative estimate of drug-likeness (QED) is 0.553. The summed E-state index contributed by atoms with van der Waals surface area (Å²) in [6, 6.07) is 16.5. The number of ether oxygens (including phenoxy) is 1. The number of nitrogens with one attached hydrogen (secondary N) is 1. The van der Waals surface area contributed by atoms with E-state index in [0.29, 0.717) is 13.1 Å². The number of amides is 2. The number of fused-ring (bicyclic) bond motifs is 2. The summed E-state index contributed by atoms with van der Waals surface area (Å²) in [6.45, 7) is 5.04. The van der Waals surface area contributed by atoms with Crippen molar-refractivity contribution in [3.05, 3.63) is 70.8 Å². The molecule has 1 fully saturated rings. The normalized spacial score (nSPS) is 21.2. The average Bonchev–Trinajstić information content (AvgIpc) is 3.29. The van der Waals surface area contributed by atoms with Crippen molar-refractivity contribution >= 4 is 17.8 Å². The Morgan fingerprint density at radius 2 is 1.82 bits per heavy atom. The zero-order chi connectivity index (χ0) is 26.2. The first kappa shape index (κ1) is 24.6. The number of nitrogens with zero attached hydrogens (tertiary/aromatic N) is 5. The molecule has 198 valence electrons. The standard InChI is InChI=1S/C29H35N7O2/c1-34-11-13-35(14-12-34)26-17-24(31-28(30)32-26)21-8-7-19-9-10-36(18-22(19)15-21)29(37)33-27-23-6-4-3-5-20(23)16-25(27)38-2/h3-8,15,17,25,27H,9-14,16,18H2,1-2H3,(H,33,37)(H2,30,31,32)/t25-,27-/m0/s1. The Hall–Kier alpha value is -3.69. The summed E-state index contributed by atoms with van der Waals surface area (Å²) in [6.07, 6.45) is 1.57. The first-order chi connectivity index (χ1) is 18.5. The number of piperazine rings is 1. The summed E-state index contributed by atoms with van der Waals surface area (Å²) in [5.41, 5.74) is 12.7. The third kappa shape index (κ3) is 4.79. The predicted octanol–water partition coefficient (Wildman–Crippen LogP) is 2.86. The van der Waals surface area contributed by atoms with Crippen molar-refractivity contribution in [1.29, 1.82) is 0 Å². The van der Waals surface area contributed by atoms with Crippen molar-refractivity contribution < 1.29 is 9.53 Å². The van der Waals surface area contributed by atoms with Crippen LogP contribution >= 0.6 is 0 Å². The van der Waals surface area contributed by atoms with Crippen LogP contribution < -0.4 is 16.0 Å². The first-order valence-electron chi connectivity index (χ1n) is 13.3. The number of urea groups is 1. The highest BCUT2D eigenvalue weighted by Crippen LogP contribution is 2.34. The number of hydrogen-bond acceptors (Lipinski definition) is 7. The monoisotopic (exact) mass is 513 g/mol. The minimum Gasteiger partial charge on any atom is -0.379 e. The number of likely N-dealkylation sites (N-methyl/N-ethyl adjacent to an activating group) is 1. The van der Waals surface area contributed by atoms with Gasteiger partial charge in [0.2, 0.25) is 5.95 Å². The molecule has 9 nitrogen and oxygen atoms in total. The van der Waals surface area contributed by atoms with Gasteiger partial charge in [-0.05, 0) is 41.8 Å². The maximum Gasteiger partial charge on any atom is 0.318 e. The van der Waals surface area contributed by atoms with Crippen molar-refractivity contribution in [1.82, 2.24) is 25.1 Å². The number of methoxy groups -OCH3 is 1. The van der Waals surface area contributed by atoms with Gasteiger partial charge in [0.05, 0.1) is 17.8 Å². The molecule has 1 aromatic heterocycles. The molecule has 1 saturated heterocycles. The molecule has 3 aliphatic rings. The number of rotatable bonds is 4. The van der Waals surface area contributed by atoms with Crippen LogP contribution in [0.2, 0.25) is 0 Å². The van der Waals surface area contributed by atoms with Crippen LogP contribution in [0.25, 0.3) is 11.3 Å². The molecule has 0 radical (unpaired) electrons. The Morgan fingerprint density at radius 3 is 2.63 bits per heavy atom. The van der Waals surface area contributed by atoms with Gasteiger partial charge >= 0.3 is 6.03 Å². The fourth-order valence-electron chi connectivity index (χ4n) is 5.86. The van der Waals surface area contributed by atoms with Gasteiger partial charge in [0.15, 0.2) is 0 Å². The molecular weight excluding hydrogens is 478 g/mol. The lowest BCUT2D eigenvalue weighted by atomic mass is 9.96. The third-order valence-electron chi connectivity index (χ3n) is 8.12. The van der Waals surface area contributed by atoms with Gasteiger partial charge in [-0.25, -0.2) is 9.78 Å². The van der Waals surface area contributed by atoms with Gasteiger partial charge in [-0.3, -0.25) is 0 Å². The lowest BCUT2D eigenvalue weighted by Crippen LogP contribution is -2.46. The molecule has 2 amide bonds. The van der Waals surface area contributed by atoms with E-state index < -0.39 is 0 Å². The number of carbonyl (C=O) groups excluding carboxylic acids is 1. The van der Waals surface area contributed by atoms with Crippen LogP contribution in [-0.2, 0) is 24.1 Å². The number of benzene rings is 2. The Balaban J connectivity index is 1.20. The van der Waals surface area contributed by atoms with E-state index in [1.165, 1.54) is 11.1 Å². The first-order valence-corrected chi connectivity index (χ1v) is 13.3. The molecular formula is C29H35N7O2. The van der Waals surface area contributed by atoms with Crippen LogP contribution in [0.15, 0.2) is 48.5 Å². The smallest absolute Gasteiger partial charge is 0.318 e. The molecule has 0 spiro atoms. The second kappa shape index (κ2) is 10.2. The highest BCUT2D eigenvalue weighted by atomic mass is 16.5. The Morgan fingerprint density at radius 1 is 1.00 bits per heavy atom. The minimum atomic E-state index is -0.145. The molecule has 2 aliphatic heterocycles. The molecule has 9 heteroatoms. The topological polar surface area (TPSA) is 99.9 Å². The molecule has 0 unspecified atom stereocenters. The van der Waals surface area contributed by atoms with Gasteiger partial charge < -0.3 is 30.5 Å². The Labute approximate surface area is 223 Å². The molecule has 2 atom stereocenters. The number of carbonyl (C=O) groups is 1. The minimum absolute atomic E-state index is 0.0576. The lowest BCUT2D eigenvalue weighted by Gasteiger charge is -2.33. The van der Waals surface area contributed by atoms with Gasteiger partial charge in [0, 0.05) is 64.4 Å². The SMILES string of the molecule is CO[C@H]1Cc2ccccc2[C@@H]1NC(=O)N1CCc2ccc(-c3cc(N4CCN(C)CC4)nc(N)n3)cc2C1. The van der Waals surface area contributed by atoms with Gasteiger partial charge in [0.25, 0.3) is 0 Å². The molecule has 1 aliphatic carbocycles.